The molecule has 142 valence electrons. The fourth-order valence-electron chi connectivity index (χ4n) is 2.69. The van der Waals surface area contributed by atoms with Crippen molar-refractivity contribution in [3.05, 3.63) is 32.7 Å². The average molecular weight is 429 g/mol. The van der Waals surface area contributed by atoms with Crippen LogP contribution in [0.1, 0.15) is 17.0 Å². The molecule has 0 spiro atoms. The van der Waals surface area contributed by atoms with Gasteiger partial charge in [0.05, 0.1) is 17.0 Å². The lowest BCUT2D eigenvalue weighted by Gasteiger charge is -2.26. The molecule has 0 saturated carbocycles. The third-order valence-corrected chi connectivity index (χ3v) is 4.99. The Labute approximate surface area is 170 Å². The summed E-state index contributed by atoms with van der Waals surface area (Å²) in [5, 5.41) is 10.4. The summed E-state index contributed by atoms with van der Waals surface area (Å²) in [4.78, 5) is 19.5. The molecule has 0 unspecified atom stereocenters. The molecule has 1 fully saturated rings. The topological polar surface area (TPSA) is 63.1 Å². The second kappa shape index (κ2) is 10.4. The zero-order valence-corrected chi connectivity index (χ0v) is 17.7. The largest absolute Gasteiger partial charge is 0.314 e. The van der Waals surface area contributed by atoms with Crippen molar-refractivity contribution in [1.82, 2.24) is 25.0 Å². The smallest absolute Gasteiger partial charge is 0.277 e. The van der Waals surface area contributed by atoms with Crippen LogP contribution >= 0.6 is 48.6 Å². The van der Waals surface area contributed by atoms with Crippen LogP contribution in [-0.4, -0.2) is 45.8 Å². The van der Waals surface area contributed by atoms with Gasteiger partial charge in [0.2, 0.25) is 0 Å². The molecule has 0 amide bonds. The number of rotatable bonds is 3. The molecule has 0 radical (unpaired) electrons. The molecule has 1 aliphatic heterocycles. The van der Waals surface area contributed by atoms with Gasteiger partial charge in [-0.25, -0.2) is 9.67 Å². The Morgan fingerprint density at radius 2 is 1.84 bits per heavy atom. The first kappa shape index (κ1) is 24.3. The van der Waals surface area contributed by atoms with Crippen molar-refractivity contribution in [2.75, 3.05) is 26.2 Å². The van der Waals surface area contributed by atoms with E-state index in [0.29, 0.717) is 5.56 Å². The summed E-state index contributed by atoms with van der Waals surface area (Å²) in [6.07, 6.45) is 0. The molecule has 6 nitrogen and oxygen atoms in total. The maximum absolute atomic E-state index is 12.4. The van der Waals surface area contributed by atoms with Crippen molar-refractivity contribution >= 4 is 48.6 Å². The second-order valence-corrected chi connectivity index (χ2v) is 6.54. The van der Waals surface area contributed by atoms with Gasteiger partial charge in [-0.15, -0.1) is 48.6 Å². The summed E-state index contributed by atoms with van der Waals surface area (Å²) in [5.41, 5.74) is 3.44. The molecule has 2 aromatic heterocycles. The quantitative estimate of drug-likeness (QED) is 0.812. The zero-order valence-electron chi connectivity index (χ0n) is 14.4. The van der Waals surface area contributed by atoms with E-state index in [-0.39, 0.29) is 42.8 Å². The fraction of sp³-hybridized carbons (Fsp3) is 0.533. The molecule has 10 heteroatoms. The Morgan fingerprint density at radius 1 is 1.20 bits per heavy atom. The lowest BCUT2D eigenvalue weighted by atomic mass is 10.1. The van der Waals surface area contributed by atoms with Gasteiger partial charge in [0.1, 0.15) is 5.01 Å². The predicted molar refractivity (Wildman–Crippen MR) is 110 cm³/mol. The van der Waals surface area contributed by atoms with Crippen molar-refractivity contribution < 1.29 is 0 Å². The van der Waals surface area contributed by atoms with Crippen molar-refractivity contribution in [2.24, 2.45) is 7.05 Å². The van der Waals surface area contributed by atoms with Crippen LogP contribution in [0.25, 0.3) is 10.6 Å². The normalized spacial score (nSPS) is 14.2. The molecular formula is C15H24Cl3N5OS. The third-order valence-electron chi connectivity index (χ3n) is 4.09. The summed E-state index contributed by atoms with van der Waals surface area (Å²) < 4.78 is 1.40. The second-order valence-electron chi connectivity index (χ2n) is 5.68. The maximum Gasteiger partial charge on any atom is 0.277 e. The summed E-state index contributed by atoms with van der Waals surface area (Å²) in [5.74, 6) is 0. The number of nitrogens with zero attached hydrogens (tertiary/aromatic N) is 4. The van der Waals surface area contributed by atoms with E-state index >= 15 is 0 Å². The molecular weight excluding hydrogens is 405 g/mol. The molecule has 25 heavy (non-hydrogen) atoms. The fourth-order valence-corrected chi connectivity index (χ4v) is 3.60. The van der Waals surface area contributed by atoms with E-state index < -0.39 is 0 Å². The lowest BCUT2D eigenvalue weighted by Crippen LogP contribution is -2.42. The lowest BCUT2D eigenvalue weighted by molar-refractivity contribution is 0.231. The van der Waals surface area contributed by atoms with Gasteiger partial charge in [0, 0.05) is 45.2 Å². The first-order valence-electron chi connectivity index (χ1n) is 7.48. The van der Waals surface area contributed by atoms with Gasteiger partial charge in [-0.1, -0.05) is 0 Å². The Morgan fingerprint density at radius 3 is 2.48 bits per heavy atom. The molecule has 3 rings (SSSR count). The van der Waals surface area contributed by atoms with Crippen LogP contribution in [0.4, 0.5) is 0 Å². The van der Waals surface area contributed by atoms with Gasteiger partial charge in [-0.3, -0.25) is 9.69 Å². The van der Waals surface area contributed by atoms with Crippen molar-refractivity contribution in [3.63, 3.8) is 0 Å². The molecule has 2 aromatic rings. The first-order chi connectivity index (χ1) is 10.6. The average Bonchev–Trinajstić information content (AvgIpc) is 2.95. The van der Waals surface area contributed by atoms with Gasteiger partial charge in [0.25, 0.3) is 5.56 Å². The first-order valence-corrected chi connectivity index (χ1v) is 8.36. The van der Waals surface area contributed by atoms with E-state index in [2.05, 4.69) is 20.7 Å². The molecule has 0 bridgehead atoms. The highest BCUT2D eigenvalue weighted by molar-refractivity contribution is 7.13. The van der Waals surface area contributed by atoms with E-state index in [0.717, 1.165) is 54.7 Å². The third kappa shape index (κ3) is 5.39. The van der Waals surface area contributed by atoms with E-state index in [1.54, 1.807) is 18.4 Å². The van der Waals surface area contributed by atoms with E-state index in [1.165, 1.54) is 4.68 Å². The van der Waals surface area contributed by atoms with Crippen molar-refractivity contribution in [2.45, 2.75) is 20.4 Å². The Bertz CT molecular complexity index is 743. The van der Waals surface area contributed by atoms with Crippen LogP contribution in [0, 0.1) is 13.8 Å². The molecule has 3 heterocycles. The molecule has 0 aromatic carbocycles. The van der Waals surface area contributed by atoms with Crippen LogP contribution in [0.15, 0.2) is 10.2 Å². The Balaban J connectivity index is 0.00000192. The van der Waals surface area contributed by atoms with E-state index in [1.807, 2.05) is 13.8 Å². The minimum absolute atomic E-state index is 0. The summed E-state index contributed by atoms with van der Waals surface area (Å²) in [6.45, 7) is 8.86. The van der Waals surface area contributed by atoms with Gasteiger partial charge < -0.3 is 5.32 Å². The summed E-state index contributed by atoms with van der Waals surface area (Å²) in [6, 6.07) is 0. The highest BCUT2D eigenvalue weighted by Crippen LogP contribution is 2.25. The van der Waals surface area contributed by atoms with Crippen LogP contribution < -0.4 is 10.9 Å². The van der Waals surface area contributed by atoms with Crippen molar-refractivity contribution in [1.29, 1.82) is 0 Å². The number of aryl methyl sites for hydroxylation is 2. The number of nitrogens with one attached hydrogen (secondary N) is 1. The number of hydrogen-bond acceptors (Lipinski definition) is 6. The number of thiazole rings is 1. The SMILES string of the molecule is Cc1nn(C)c(=O)c(-c2nc(CN3CCNCC3)cs2)c1C.Cl.Cl.Cl. The minimum Gasteiger partial charge on any atom is -0.314 e. The van der Waals surface area contributed by atoms with Crippen LogP contribution in [0.2, 0.25) is 0 Å². The predicted octanol–water partition coefficient (Wildman–Crippen LogP) is 2.19. The minimum atomic E-state index is -0.0776. The number of halogens is 3. The molecule has 0 aliphatic carbocycles. The van der Waals surface area contributed by atoms with Gasteiger partial charge in [-0.2, -0.15) is 5.10 Å². The van der Waals surface area contributed by atoms with Crippen LogP contribution in [0.3, 0.4) is 0 Å². The zero-order chi connectivity index (χ0) is 15.7. The molecule has 1 aliphatic rings. The number of piperazine rings is 1. The highest BCUT2D eigenvalue weighted by Gasteiger charge is 2.17. The van der Waals surface area contributed by atoms with Crippen LogP contribution in [-0.2, 0) is 13.6 Å². The number of aromatic nitrogens is 3. The summed E-state index contributed by atoms with van der Waals surface area (Å²) in [7, 11) is 1.69. The Kier molecular flexibility index (Phi) is 10.2. The summed E-state index contributed by atoms with van der Waals surface area (Å²) >= 11 is 1.54. The van der Waals surface area contributed by atoms with E-state index in [4.69, 9.17) is 4.98 Å². The van der Waals surface area contributed by atoms with Gasteiger partial charge >= 0.3 is 0 Å². The van der Waals surface area contributed by atoms with Gasteiger partial charge in [-0.05, 0) is 19.4 Å². The molecule has 1 N–H and O–H groups in total. The van der Waals surface area contributed by atoms with Gasteiger partial charge in [0.15, 0.2) is 0 Å². The standard InChI is InChI=1S/C15H21N5OS.3ClH/c1-10-11(2)18-19(3)15(21)13(10)14-17-12(9-22-14)8-20-6-4-16-5-7-20;;;/h9,16H,4-8H2,1-3H3;3*1H. The number of hydrogen-bond donors (Lipinski definition) is 1. The molecule has 0 atom stereocenters. The monoisotopic (exact) mass is 427 g/mol. The molecule has 1 saturated heterocycles. The van der Waals surface area contributed by atoms with E-state index in [9.17, 15) is 4.79 Å². The maximum atomic E-state index is 12.4. The van der Waals surface area contributed by atoms with Crippen molar-refractivity contribution in [3.8, 4) is 10.6 Å². The van der Waals surface area contributed by atoms with Crippen LogP contribution in [0.5, 0.6) is 0 Å². The highest BCUT2D eigenvalue weighted by atomic mass is 35.5. The Hall–Kier alpha value is -0.700.